The SMILES string of the molecule is CC(=O)N1CCCN(C(=O)Nc2nc(C)cs2)CC1. The van der Waals surface area contributed by atoms with Crippen molar-refractivity contribution in [3.8, 4) is 0 Å². The lowest BCUT2D eigenvalue weighted by Gasteiger charge is -2.21. The molecule has 0 radical (unpaired) electrons. The molecule has 0 spiro atoms. The molecule has 19 heavy (non-hydrogen) atoms. The van der Waals surface area contributed by atoms with E-state index in [1.54, 1.807) is 16.7 Å². The number of thiazole rings is 1. The van der Waals surface area contributed by atoms with Crippen LogP contribution in [0, 0.1) is 6.92 Å². The predicted octanol–water partition coefficient (Wildman–Crippen LogP) is 1.54. The molecule has 0 bridgehead atoms. The number of anilines is 1. The summed E-state index contributed by atoms with van der Waals surface area (Å²) in [6.45, 7) is 6.00. The van der Waals surface area contributed by atoms with E-state index in [0.29, 0.717) is 24.8 Å². The molecular weight excluding hydrogens is 264 g/mol. The molecule has 0 aliphatic carbocycles. The Morgan fingerprint density at radius 1 is 1.26 bits per heavy atom. The number of carbonyl (C=O) groups excluding carboxylic acids is 2. The summed E-state index contributed by atoms with van der Waals surface area (Å²) >= 11 is 1.42. The first-order chi connectivity index (χ1) is 9.06. The number of urea groups is 1. The molecule has 0 saturated carbocycles. The normalized spacial score (nSPS) is 16.1. The minimum atomic E-state index is -0.139. The molecule has 1 aliphatic heterocycles. The fourth-order valence-corrected chi connectivity index (χ4v) is 2.70. The topological polar surface area (TPSA) is 65.5 Å². The van der Waals surface area contributed by atoms with Crippen molar-refractivity contribution in [2.75, 3.05) is 31.5 Å². The largest absolute Gasteiger partial charge is 0.341 e. The number of nitrogens with one attached hydrogen (secondary N) is 1. The zero-order chi connectivity index (χ0) is 13.8. The lowest BCUT2D eigenvalue weighted by atomic mass is 10.4. The molecule has 0 unspecified atom stereocenters. The van der Waals surface area contributed by atoms with E-state index in [1.165, 1.54) is 11.3 Å². The maximum absolute atomic E-state index is 12.1. The summed E-state index contributed by atoms with van der Waals surface area (Å²) in [5, 5.41) is 5.31. The Hall–Kier alpha value is -1.63. The van der Waals surface area contributed by atoms with E-state index in [1.807, 2.05) is 12.3 Å². The second-order valence-corrected chi connectivity index (χ2v) is 5.43. The second kappa shape index (κ2) is 6.01. The summed E-state index contributed by atoms with van der Waals surface area (Å²) in [7, 11) is 0. The van der Waals surface area contributed by atoms with Gasteiger partial charge in [-0.25, -0.2) is 9.78 Å². The molecule has 1 saturated heterocycles. The number of nitrogens with zero attached hydrogens (tertiary/aromatic N) is 3. The molecule has 104 valence electrons. The van der Waals surface area contributed by atoms with Gasteiger partial charge < -0.3 is 9.80 Å². The van der Waals surface area contributed by atoms with Crippen LogP contribution in [-0.4, -0.2) is 52.9 Å². The monoisotopic (exact) mass is 282 g/mol. The number of rotatable bonds is 1. The third-order valence-corrected chi connectivity index (χ3v) is 3.94. The minimum Gasteiger partial charge on any atom is -0.341 e. The average Bonchev–Trinajstić information content (AvgIpc) is 2.65. The molecule has 1 N–H and O–H groups in total. The first-order valence-electron chi connectivity index (χ1n) is 6.30. The zero-order valence-electron chi connectivity index (χ0n) is 11.2. The third-order valence-electron chi connectivity index (χ3n) is 3.06. The molecule has 1 fully saturated rings. The first kappa shape index (κ1) is 13.8. The predicted molar refractivity (Wildman–Crippen MR) is 74.3 cm³/mol. The summed E-state index contributed by atoms with van der Waals surface area (Å²) in [6, 6.07) is -0.139. The molecule has 1 aromatic rings. The highest BCUT2D eigenvalue weighted by atomic mass is 32.1. The van der Waals surface area contributed by atoms with Crippen LogP contribution >= 0.6 is 11.3 Å². The van der Waals surface area contributed by atoms with Gasteiger partial charge in [0.15, 0.2) is 5.13 Å². The van der Waals surface area contributed by atoms with Crippen LogP contribution in [0.5, 0.6) is 0 Å². The van der Waals surface area contributed by atoms with E-state index >= 15 is 0 Å². The van der Waals surface area contributed by atoms with Gasteiger partial charge in [-0.15, -0.1) is 11.3 Å². The summed E-state index contributed by atoms with van der Waals surface area (Å²) in [6.07, 6.45) is 0.809. The van der Waals surface area contributed by atoms with Crippen molar-refractivity contribution in [1.29, 1.82) is 0 Å². The van der Waals surface area contributed by atoms with Crippen molar-refractivity contribution in [2.24, 2.45) is 0 Å². The minimum absolute atomic E-state index is 0.0674. The van der Waals surface area contributed by atoms with Crippen LogP contribution in [0.15, 0.2) is 5.38 Å². The lowest BCUT2D eigenvalue weighted by Crippen LogP contribution is -2.38. The second-order valence-electron chi connectivity index (χ2n) is 4.57. The summed E-state index contributed by atoms with van der Waals surface area (Å²) in [5.74, 6) is 0.0674. The van der Waals surface area contributed by atoms with E-state index < -0.39 is 0 Å². The van der Waals surface area contributed by atoms with Gasteiger partial charge in [-0.05, 0) is 13.3 Å². The number of hydrogen-bond donors (Lipinski definition) is 1. The van der Waals surface area contributed by atoms with Gasteiger partial charge in [0.2, 0.25) is 5.91 Å². The molecule has 2 heterocycles. The molecule has 0 aromatic carbocycles. The fraction of sp³-hybridized carbons (Fsp3) is 0.583. The summed E-state index contributed by atoms with van der Waals surface area (Å²) < 4.78 is 0. The zero-order valence-corrected chi connectivity index (χ0v) is 12.0. The van der Waals surface area contributed by atoms with E-state index in [4.69, 9.17) is 0 Å². The number of hydrogen-bond acceptors (Lipinski definition) is 4. The van der Waals surface area contributed by atoms with E-state index in [-0.39, 0.29) is 11.9 Å². The molecule has 1 aromatic heterocycles. The molecule has 2 rings (SSSR count). The van der Waals surface area contributed by atoms with Gasteiger partial charge >= 0.3 is 6.03 Å². The van der Waals surface area contributed by atoms with Crippen LogP contribution in [0.1, 0.15) is 19.0 Å². The molecular formula is C12H18N4O2S. The van der Waals surface area contributed by atoms with Crippen LogP contribution in [-0.2, 0) is 4.79 Å². The maximum Gasteiger partial charge on any atom is 0.323 e. The van der Waals surface area contributed by atoms with Crippen molar-refractivity contribution in [3.63, 3.8) is 0 Å². The first-order valence-corrected chi connectivity index (χ1v) is 7.18. The Morgan fingerprint density at radius 2 is 1.95 bits per heavy atom. The Kier molecular flexibility index (Phi) is 4.36. The molecule has 0 atom stereocenters. The van der Waals surface area contributed by atoms with Gasteiger partial charge in [-0.2, -0.15) is 0 Å². The van der Waals surface area contributed by atoms with Gasteiger partial charge in [-0.3, -0.25) is 10.1 Å². The molecule has 6 nitrogen and oxygen atoms in total. The number of amides is 3. The molecule has 7 heteroatoms. The highest BCUT2D eigenvalue weighted by Gasteiger charge is 2.20. The van der Waals surface area contributed by atoms with Crippen LogP contribution in [0.4, 0.5) is 9.93 Å². The third kappa shape index (κ3) is 3.66. The van der Waals surface area contributed by atoms with Crippen molar-refractivity contribution < 1.29 is 9.59 Å². The summed E-state index contributed by atoms with van der Waals surface area (Å²) in [4.78, 5) is 31.1. The van der Waals surface area contributed by atoms with Crippen molar-refractivity contribution >= 4 is 28.4 Å². The smallest absolute Gasteiger partial charge is 0.323 e. The van der Waals surface area contributed by atoms with Crippen molar-refractivity contribution in [2.45, 2.75) is 20.3 Å². The van der Waals surface area contributed by atoms with E-state index in [2.05, 4.69) is 10.3 Å². The van der Waals surface area contributed by atoms with Crippen LogP contribution in [0.2, 0.25) is 0 Å². The number of aromatic nitrogens is 1. The quantitative estimate of drug-likeness (QED) is 0.849. The fourth-order valence-electron chi connectivity index (χ4n) is 2.02. The Bertz CT molecular complexity index is 474. The van der Waals surface area contributed by atoms with Gasteiger partial charge in [0.1, 0.15) is 0 Å². The van der Waals surface area contributed by atoms with Gasteiger partial charge in [0, 0.05) is 38.5 Å². The highest BCUT2D eigenvalue weighted by molar-refractivity contribution is 7.13. The summed E-state index contributed by atoms with van der Waals surface area (Å²) in [5.41, 5.74) is 0.902. The standard InChI is InChI=1S/C12H18N4O2S/c1-9-8-19-11(13-9)14-12(18)16-5-3-4-15(6-7-16)10(2)17/h8H,3-7H2,1-2H3,(H,13,14,18). The van der Waals surface area contributed by atoms with Gasteiger partial charge in [0.25, 0.3) is 0 Å². The van der Waals surface area contributed by atoms with Crippen LogP contribution in [0.25, 0.3) is 0 Å². The Labute approximate surface area is 116 Å². The maximum atomic E-state index is 12.1. The number of carbonyl (C=O) groups is 2. The van der Waals surface area contributed by atoms with Crippen LogP contribution in [0.3, 0.4) is 0 Å². The average molecular weight is 282 g/mol. The van der Waals surface area contributed by atoms with Gasteiger partial charge in [0.05, 0.1) is 5.69 Å². The molecule has 1 aliphatic rings. The highest BCUT2D eigenvalue weighted by Crippen LogP contribution is 2.15. The molecule has 3 amide bonds. The Morgan fingerprint density at radius 3 is 2.58 bits per heavy atom. The van der Waals surface area contributed by atoms with Crippen LogP contribution < -0.4 is 5.32 Å². The lowest BCUT2D eigenvalue weighted by molar-refractivity contribution is -0.128. The van der Waals surface area contributed by atoms with Crippen molar-refractivity contribution in [3.05, 3.63) is 11.1 Å². The van der Waals surface area contributed by atoms with Gasteiger partial charge in [-0.1, -0.05) is 0 Å². The van der Waals surface area contributed by atoms with E-state index in [0.717, 1.165) is 18.7 Å². The van der Waals surface area contributed by atoms with E-state index in [9.17, 15) is 9.59 Å². The number of aryl methyl sites for hydroxylation is 1. The Balaban J connectivity index is 1.91. The van der Waals surface area contributed by atoms with Crippen molar-refractivity contribution in [1.82, 2.24) is 14.8 Å².